The number of aromatic nitrogens is 1. The van der Waals surface area contributed by atoms with Gasteiger partial charge in [-0.1, -0.05) is 18.2 Å². The van der Waals surface area contributed by atoms with Crippen molar-refractivity contribution in [2.75, 3.05) is 20.8 Å². The average molecular weight is 258 g/mol. The van der Waals surface area contributed by atoms with Gasteiger partial charge in [0.15, 0.2) is 0 Å². The Labute approximate surface area is 113 Å². The molecule has 0 aliphatic heterocycles. The minimum absolute atomic E-state index is 0.0720. The Hall–Kier alpha value is -2.07. The highest BCUT2D eigenvalue weighted by molar-refractivity contribution is 5.26. The van der Waals surface area contributed by atoms with Gasteiger partial charge in [0.2, 0.25) is 0 Å². The fourth-order valence-electron chi connectivity index (χ4n) is 1.78. The van der Waals surface area contributed by atoms with E-state index < -0.39 is 0 Å². The lowest BCUT2D eigenvalue weighted by molar-refractivity contribution is 0.272. The highest BCUT2D eigenvalue weighted by atomic mass is 16.5. The van der Waals surface area contributed by atoms with E-state index in [9.17, 15) is 0 Å². The van der Waals surface area contributed by atoms with Crippen molar-refractivity contribution in [3.05, 3.63) is 54.4 Å². The van der Waals surface area contributed by atoms with Crippen LogP contribution in [0.15, 0.2) is 48.8 Å². The first-order valence-electron chi connectivity index (χ1n) is 6.17. The maximum atomic E-state index is 5.76. The second-order valence-corrected chi connectivity index (χ2v) is 4.12. The van der Waals surface area contributed by atoms with E-state index in [1.807, 2.05) is 49.6 Å². The summed E-state index contributed by atoms with van der Waals surface area (Å²) in [5.74, 6) is 1.61. The van der Waals surface area contributed by atoms with Crippen LogP contribution in [0.2, 0.25) is 0 Å². The number of hydrogen-bond acceptors (Lipinski definition) is 4. The van der Waals surface area contributed by atoms with E-state index in [1.54, 1.807) is 13.3 Å². The van der Waals surface area contributed by atoms with Crippen LogP contribution in [-0.2, 0) is 0 Å². The normalized spacial score (nSPS) is 11.9. The molecule has 0 bridgehead atoms. The van der Waals surface area contributed by atoms with Crippen molar-refractivity contribution in [3.63, 3.8) is 0 Å². The number of ether oxygens (including phenoxy) is 2. The second kappa shape index (κ2) is 6.75. The summed E-state index contributed by atoms with van der Waals surface area (Å²) in [5.41, 5.74) is 1.04. The summed E-state index contributed by atoms with van der Waals surface area (Å²) < 4.78 is 10.9. The number of nitrogens with zero attached hydrogens (tertiary/aromatic N) is 1. The number of likely N-dealkylation sites (N-methyl/N-ethyl adjacent to an activating group) is 1. The Morgan fingerprint density at radius 3 is 2.63 bits per heavy atom. The van der Waals surface area contributed by atoms with Gasteiger partial charge in [-0.2, -0.15) is 0 Å². The number of nitrogens with one attached hydrogen (secondary N) is 1. The highest BCUT2D eigenvalue weighted by Gasteiger charge is 2.11. The van der Waals surface area contributed by atoms with Crippen molar-refractivity contribution in [1.29, 1.82) is 0 Å². The molecule has 0 spiro atoms. The lowest BCUT2D eigenvalue weighted by Crippen LogP contribution is -2.23. The fourth-order valence-corrected chi connectivity index (χ4v) is 1.78. The maximum absolute atomic E-state index is 5.76. The molecule has 0 amide bonds. The maximum Gasteiger partial charge on any atom is 0.137 e. The van der Waals surface area contributed by atoms with E-state index in [0.29, 0.717) is 6.61 Å². The first-order valence-corrected chi connectivity index (χ1v) is 6.17. The first kappa shape index (κ1) is 13.4. The number of benzene rings is 1. The molecule has 4 heteroatoms. The molecule has 0 fully saturated rings. The summed E-state index contributed by atoms with van der Waals surface area (Å²) in [4.78, 5) is 4.16. The fraction of sp³-hybridized carbons (Fsp3) is 0.267. The minimum atomic E-state index is 0.0720. The Kier molecular flexibility index (Phi) is 4.75. The van der Waals surface area contributed by atoms with Gasteiger partial charge in [-0.15, -0.1) is 0 Å². The number of methoxy groups -OCH3 is 1. The van der Waals surface area contributed by atoms with Crippen LogP contribution in [0.5, 0.6) is 11.5 Å². The summed E-state index contributed by atoms with van der Waals surface area (Å²) in [6.07, 6.45) is 3.51. The summed E-state index contributed by atoms with van der Waals surface area (Å²) in [6.45, 7) is 0.537. The molecule has 0 saturated carbocycles. The molecule has 2 rings (SSSR count). The summed E-state index contributed by atoms with van der Waals surface area (Å²) in [5, 5.41) is 3.22. The van der Waals surface area contributed by atoms with Crippen molar-refractivity contribution in [1.82, 2.24) is 10.3 Å². The third-order valence-electron chi connectivity index (χ3n) is 2.88. The van der Waals surface area contributed by atoms with Gasteiger partial charge in [-0.3, -0.25) is 4.98 Å². The second-order valence-electron chi connectivity index (χ2n) is 4.12. The van der Waals surface area contributed by atoms with Crippen molar-refractivity contribution in [2.24, 2.45) is 0 Å². The van der Waals surface area contributed by atoms with Gasteiger partial charge in [0.05, 0.1) is 19.3 Å². The predicted octanol–water partition coefficient (Wildman–Crippen LogP) is 2.43. The van der Waals surface area contributed by atoms with Gasteiger partial charge in [0.25, 0.3) is 0 Å². The molecule has 1 unspecified atom stereocenters. The topological polar surface area (TPSA) is 43.4 Å². The van der Waals surface area contributed by atoms with Crippen molar-refractivity contribution < 1.29 is 9.47 Å². The molecule has 1 aromatic heterocycles. The largest absolute Gasteiger partial charge is 0.495 e. The molecule has 1 atom stereocenters. The number of para-hydroxylation sites is 1. The summed E-state index contributed by atoms with van der Waals surface area (Å²) in [6, 6.07) is 11.8. The summed E-state index contributed by atoms with van der Waals surface area (Å²) in [7, 11) is 3.54. The molecule has 4 nitrogen and oxygen atoms in total. The molecule has 1 N–H and O–H groups in total. The van der Waals surface area contributed by atoms with Gasteiger partial charge in [0.1, 0.15) is 18.1 Å². The van der Waals surface area contributed by atoms with Crippen LogP contribution in [0.1, 0.15) is 11.6 Å². The zero-order valence-electron chi connectivity index (χ0n) is 11.2. The predicted molar refractivity (Wildman–Crippen MR) is 74.5 cm³/mol. The Morgan fingerprint density at radius 1 is 1.16 bits per heavy atom. The van der Waals surface area contributed by atoms with Gasteiger partial charge in [-0.05, 0) is 30.8 Å². The van der Waals surface area contributed by atoms with Crippen molar-refractivity contribution >= 4 is 0 Å². The first-order chi connectivity index (χ1) is 9.33. The van der Waals surface area contributed by atoms with E-state index in [1.165, 1.54) is 0 Å². The third kappa shape index (κ3) is 3.69. The molecule has 0 aliphatic rings. The monoisotopic (exact) mass is 258 g/mol. The van der Waals surface area contributed by atoms with Gasteiger partial charge in [0, 0.05) is 6.20 Å². The number of hydrogen-bond donors (Lipinski definition) is 1. The molecular formula is C15H18N2O2. The Balaban J connectivity index is 2.03. The van der Waals surface area contributed by atoms with Gasteiger partial charge in [-0.25, -0.2) is 0 Å². The van der Waals surface area contributed by atoms with Crippen LogP contribution in [0.4, 0.5) is 0 Å². The van der Waals surface area contributed by atoms with Crippen LogP contribution in [0.25, 0.3) is 0 Å². The molecule has 0 radical (unpaired) electrons. The minimum Gasteiger partial charge on any atom is -0.495 e. The Morgan fingerprint density at radius 2 is 1.95 bits per heavy atom. The van der Waals surface area contributed by atoms with E-state index in [4.69, 9.17) is 9.47 Å². The molecule has 0 saturated heterocycles. The van der Waals surface area contributed by atoms with Crippen molar-refractivity contribution in [2.45, 2.75) is 6.04 Å². The molecule has 1 aromatic carbocycles. The van der Waals surface area contributed by atoms with Gasteiger partial charge < -0.3 is 14.8 Å². The number of rotatable bonds is 6. The molecule has 1 heterocycles. The van der Waals surface area contributed by atoms with Crippen LogP contribution < -0.4 is 14.8 Å². The highest BCUT2D eigenvalue weighted by Crippen LogP contribution is 2.19. The van der Waals surface area contributed by atoms with Crippen LogP contribution in [0.3, 0.4) is 0 Å². The van der Waals surface area contributed by atoms with E-state index in [-0.39, 0.29) is 6.04 Å². The molecule has 19 heavy (non-hydrogen) atoms. The standard InChI is InChI=1S/C15H18N2O2/c1-16-15(11-19-13-6-4-3-5-7-13)12-8-14(18-2)10-17-9-12/h3-10,15-16H,11H2,1-2H3. The lowest BCUT2D eigenvalue weighted by atomic mass is 10.1. The van der Waals surface area contributed by atoms with Crippen LogP contribution in [-0.4, -0.2) is 25.7 Å². The SMILES string of the molecule is CNC(COc1ccccc1)c1cncc(OC)c1. The molecular weight excluding hydrogens is 240 g/mol. The van der Waals surface area contributed by atoms with Crippen LogP contribution in [0, 0.1) is 0 Å². The van der Waals surface area contributed by atoms with E-state index >= 15 is 0 Å². The lowest BCUT2D eigenvalue weighted by Gasteiger charge is -2.17. The van der Waals surface area contributed by atoms with E-state index in [0.717, 1.165) is 17.1 Å². The van der Waals surface area contributed by atoms with Crippen LogP contribution >= 0.6 is 0 Å². The third-order valence-corrected chi connectivity index (χ3v) is 2.88. The van der Waals surface area contributed by atoms with E-state index in [2.05, 4.69) is 10.3 Å². The molecule has 100 valence electrons. The Bertz CT molecular complexity index is 503. The number of pyridine rings is 1. The quantitative estimate of drug-likeness (QED) is 0.864. The average Bonchev–Trinajstić information content (AvgIpc) is 2.49. The zero-order valence-corrected chi connectivity index (χ0v) is 11.2. The smallest absolute Gasteiger partial charge is 0.137 e. The summed E-state index contributed by atoms with van der Waals surface area (Å²) >= 11 is 0. The molecule has 2 aromatic rings. The zero-order chi connectivity index (χ0) is 13.5. The van der Waals surface area contributed by atoms with Crippen molar-refractivity contribution in [3.8, 4) is 11.5 Å². The molecule has 0 aliphatic carbocycles. The van der Waals surface area contributed by atoms with Gasteiger partial charge >= 0.3 is 0 Å².